The maximum Gasteiger partial charge on any atom is 0.337 e. The Morgan fingerprint density at radius 1 is 1.25 bits per heavy atom. The van der Waals surface area contributed by atoms with E-state index in [1.54, 1.807) is 6.20 Å². The zero-order chi connectivity index (χ0) is 11.9. The lowest BCUT2D eigenvalue weighted by atomic mass is 10.1. The molecule has 0 saturated heterocycles. The Morgan fingerprint density at radius 3 is 2.44 bits per heavy atom. The van der Waals surface area contributed by atoms with Gasteiger partial charge in [-0.15, -0.1) is 0 Å². The van der Waals surface area contributed by atoms with Crippen molar-refractivity contribution in [3.8, 4) is 0 Å². The van der Waals surface area contributed by atoms with E-state index in [-0.39, 0.29) is 5.54 Å². The standard InChI is InChI=1S/C13H15NO2/c1-13(2,3)14-8-10(12(15)16)9-6-4-5-7-11(9)14/h4-8H,1-3H3,(H,15,16). The van der Waals surface area contributed by atoms with E-state index in [2.05, 4.69) is 20.8 Å². The van der Waals surface area contributed by atoms with E-state index in [0.717, 1.165) is 10.9 Å². The topological polar surface area (TPSA) is 42.2 Å². The molecule has 1 aromatic heterocycles. The monoisotopic (exact) mass is 217 g/mol. The first kappa shape index (κ1) is 10.7. The Bertz CT molecular complexity index is 547. The summed E-state index contributed by atoms with van der Waals surface area (Å²) < 4.78 is 2.01. The number of nitrogens with zero attached hydrogens (tertiary/aromatic N) is 1. The lowest BCUT2D eigenvalue weighted by Crippen LogP contribution is -2.20. The molecule has 16 heavy (non-hydrogen) atoms. The van der Waals surface area contributed by atoms with Crippen molar-refractivity contribution in [1.82, 2.24) is 4.57 Å². The van der Waals surface area contributed by atoms with Gasteiger partial charge in [-0.05, 0) is 26.8 Å². The van der Waals surface area contributed by atoms with Gasteiger partial charge in [-0.2, -0.15) is 0 Å². The molecule has 1 aromatic carbocycles. The number of benzene rings is 1. The summed E-state index contributed by atoms with van der Waals surface area (Å²) >= 11 is 0. The van der Waals surface area contributed by atoms with Crippen LogP contribution in [-0.2, 0) is 5.54 Å². The van der Waals surface area contributed by atoms with Crippen molar-refractivity contribution in [3.05, 3.63) is 36.0 Å². The second-order valence-corrected chi connectivity index (χ2v) is 4.91. The van der Waals surface area contributed by atoms with Crippen molar-refractivity contribution in [2.24, 2.45) is 0 Å². The average Bonchev–Trinajstić information content (AvgIpc) is 2.56. The van der Waals surface area contributed by atoms with E-state index in [9.17, 15) is 4.79 Å². The highest BCUT2D eigenvalue weighted by atomic mass is 16.4. The molecule has 0 unspecified atom stereocenters. The lowest BCUT2D eigenvalue weighted by Gasteiger charge is -2.22. The summed E-state index contributed by atoms with van der Waals surface area (Å²) in [6.45, 7) is 6.18. The number of hydrogen-bond donors (Lipinski definition) is 1. The van der Waals surface area contributed by atoms with Crippen LogP contribution in [0.1, 0.15) is 31.1 Å². The van der Waals surface area contributed by atoms with E-state index >= 15 is 0 Å². The van der Waals surface area contributed by atoms with Gasteiger partial charge in [0.05, 0.1) is 5.56 Å². The third-order valence-electron chi connectivity index (χ3n) is 2.67. The molecule has 0 aliphatic heterocycles. The third kappa shape index (κ3) is 1.58. The largest absolute Gasteiger partial charge is 0.478 e. The molecule has 0 fully saturated rings. The Morgan fingerprint density at radius 2 is 1.88 bits per heavy atom. The van der Waals surface area contributed by atoms with Gasteiger partial charge < -0.3 is 9.67 Å². The summed E-state index contributed by atoms with van der Waals surface area (Å²) in [5.74, 6) is -0.876. The van der Waals surface area contributed by atoms with E-state index in [0.29, 0.717) is 5.56 Å². The van der Waals surface area contributed by atoms with Crippen LogP contribution in [0.2, 0.25) is 0 Å². The third-order valence-corrected chi connectivity index (χ3v) is 2.67. The summed E-state index contributed by atoms with van der Waals surface area (Å²) in [7, 11) is 0. The van der Waals surface area contributed by atoms with Gasteiger partial charge in [0.25, 0.3) is 0 Å². The molecular weight excluding hydrogens is 202 g/mol. The predicted octanol–water partition coefficient (Wildman–Crippen LogP) is 3.09. The zero-order valence-corrected chi connectivity index (χ0v) is 9.69. The molecule has 0 bridgehead atoms. The van der Waals surface area contributed by atoms with Crippen molar-refractivity contribution in [3.63, 3.8) is 0 Å². The van der Waals surface area contributed by atoms with Crippen LogP contribution in [0.3, 0.4) is 0 Å². The zero-order valence-electron chi connectivity index (χ0n) is 9.69. The molecule has 3 nitrogen and oxygen atoms in total. The van der Waals surface area contributed by atoms with Gasteiger partial charge in [0.1, 0.15) is 0 Å². The van der Waals surface area contributed by atoms with Crippen molar-refractivity contribution < 1.29 is 9.90 Å². The number of rotatable bonds is 1. The van der Waals surface area contributed by atoms with Gasteiger partial charge in [-0.25, -0.2) is 4.79 Å². The number of hydrogen-bond acceptors (Lipinski definition) is 1. The molecule has 84 valence electrons. The molecule has 1 heterocycles. The lowest BCUT2D eigenvalue weighted by molar-refractivity contribution is 0.0698. The number of carboxylic acids is 1. The first-order valence-electron chi connectivity index (χ1n) is 5.25. The molecule has 1 N–H and O–H groups in total. The van der Waals surface area contributed by atoms with Gasteiger partial charge in [0, 0.05) is 22.6 Å². The molecule has 0 amide bonds. The van der Waals surface area contributed by atoms with Crippen LogP contribution in [0.4, 0.5) is 0 Å². The summed E-state index contributed by atoms with van der Waals surface area (Å²) in [6, 6.07) is 7.59. The summed E-state index contributed by atoms with van der Waals surface area (Å²) in [5, 5.41) is 9.94. The van der Waals surface area contributed by atoms with E-state index < -0.39 is 5.97 Å². The molecule has 0 aliphatic rings. The molecule has 0 atom stereocenters. The maximum atomic E-state index is 11.1. The van der Waals surface area contributed by atoms with Crippen LogP contribution in [-0.4, -0.2) is 15.6 Å². The number of aromatic nitrogens is 1. The van der Waals surface area contributed by atoms with Crippen LogP contribution in [0.15, 0.2) is 30.5 Å². The molecule has 0 radical (unpaired) electrons. The SMILES string of the molecule is CC(C)(C)n1cc(C(=O)O)c2ccccc21. The number of para-hydroxylation sites is 1. The quantitative estimate of drug-likeness (QED) is 0.797. The van der Waals surface area contributed by atoms with E-state index in [1.165, 1.54) is 0 Å². The second kappa shape index (κ2) is 3.37. The molecule has 0 saturated carbocycles. The Hall–Kier alpha value is -1.77. The van der Waals surface area contributed by atoms with Gasteiger partial charge in [0.2, 0.25) is 0 Å². The Kier molecular flexibility index (Phi) is 2.26. The molecular formula is C13H15NO2. The minimum Gasteiger partial charge on any atom is -0.478 e. The number of carbonyl (C=O) groups is 1. The van der Waals surface area contributed by atoms with Crippen molar-refractivity contribution in [2.45, 2.75) is 26.3 Å². The van der Waals surface area contributed by atoms with Crippen LogP contribution >= 0.6 is 0 Å². The molecule has 0 aliphatic carbocycles. The predicted molar refractivity (Wildman–Crippen MR) is 63.9 cm³/mol. The Balaban J connectivity index is 2.82. The number of carboxylic acid groups (broad SMARTS) is 1. The summed E-state index contributed by atoms with van der Waals surface area (Å²) in [4.78, 5) is 11.1. The fraction of sp³-hybridized carbons (Fsp3) is 0.308. The minimum atomic E-state index is -0.876. The minimum absolute atomic E-state index is 0.118. The molecule has 2 rings (SSSR count). The number of fused-ring (bicyclic) bond motifs is 1. The average molecular weight is 217 g/mol. The molecule has 0 spiro atoms. The molecule has 2 aromatic rings. The van der Waals surface area contributed by atoms with E-state index in [1.807, 2.05) is 28.8 Å². The highest BCUT2D eigenvalue weighted by Gasteiger charge is 2.20. The Labute approximate surface area is 94.3 Å². The normalized spacial score (nSPS) is 11.9. The van der Waals surface area contributed by atoms with Gasteiger partial charge in [-0.3, -0.25) is 0 Å². The van der Waals surface area contributed by atoms with Crippen molar-refractivity contribution in [2.75, 3.05) is 0 Å². The smallest absolute Gasteiger partial charge is 0.337 e. The first-order chi connectivity index (χ1) is 7.41. The number of aromatic carboxylic acids is 1. The highest BCUT2D eigenvalue weighted by Crippen LogP contribution is 2.27. The van der Waals surface area contributed by atoms with Gasteiger partial charge in [-0.1, -0.05) is 18.2 Å². The van der Waals surface area contributed by atoms with Gasteiger partial charge >= 0.3 is 5.97 Å². The van der Waals surface area contributed by atoms with Crippen molar-refractivity contribution >= 4 is 16.9 Å². The van der Waals surface area contributed by atoms with Crippen LogP contribution in [0, 0.1) is 0 Å². The molecule has 3 heteroatoms. The fourth-order valence-electron chi connectivity index (χ4n) is 1.91. The van der Waals surface area contributed by atoms with Crippen LogP contribution < -0.4 is 0 Å². The van der Waals surface area contributed by atoms with Crippen molar-refractivity contribution in [1.29, 1.82) is 0 Å². The fourth-order valence-corrected chi connectivity index (χ4v) is 1.91. The second-order valence-electron chi connectivity index (χ2n) is 4.91. The van der Waals surface area contributed by atoms with Crippen LogP contribution in [0.5, 0.6) is 0 Å². The highest BCUT2D eigenvalue weighted by molar-refractivity contribution is 6.03. The van der Waals surface area contributed by atoms with Crippen LogP contribution in [0.25, 0.3) is 10.9 Å². The van der Waals surface area contributed by atoms with Gasteiger partial charge in [0.15, 0.2) is 0 Å². The summed E-state index contributed by atoms with van der Waals surface area (Å²) in [5.41, 5.74) is 1.21. The first-order valence-corrected chi connectivity index (χ1v) is 5.25. The summed E-state index contributed by atoms with van der Waals surface area (Å²) in [6.07, 6.45) is 1.72. The van der Waals surface area contributed by atoms with E-state index in [4.69, 9.17) is 5.11 Å². The maximum absolute atomic E-state index is 11.1.